The van der Waals surface area contributed by atoms with Gasteiger partial charge in [0.05, 0.1) is 12.0 Å². The monoisotopic (exact) mass is 314 g/mol. The van der Waals surface area contributed by atoms with E-state index >= 15 is 0 Å². The molecule has 0 spiro atoms. The van der Waals surface area contributed by atoms with Crippen LogP contribution in [0.4, 0.5) is 0 Å². The van der Waals surface area contributed by atoms with Gasteiger partial charge in [-0.15, -0.1) is 0 Å². The normalized spacial score (nSPS) is 13.4. The Bertz CT molecular complexity index is 556. The lowest BCUT2D eigenvalue weighted by Crippen LogP contribution is -2.38. The Hall–Kier alpha value is -1.11. The minimum atomic E-state index is -3.52. The summed E-state index contributed by atoms with van der Waals surface area (Å²) in [5.41, 5.74) is 0.820. The first-order valence-electron chi connectivity index (χ1n) is 7.19. The van der Waals surface area contributed by atoms with E-state index in [1.54, 1.807) is 25.3 Å². The topological polar surface area (TPSA) is 67.4 Å². The van der Waals surface area contributed by atoms with Gasteiger partial charge < -0.3 is 10.1 Å². The van der Waals surface area contributed by atoms with Gasteiger partial charge in [-0.05, 0) is 37.6 Å². The maximum absolute atomic E-state index is 12.5. The van der Waals surface area contributed by atoms with Crippen LogP contribution in [0.3, 0.4) is 0 Å². The third-order valence-electron chi connectivity index (χ3n) is 3.48. The molecular formula is C15H26N2O3S. The molecule has 120 valence electrons. The van der Waals surface area contributed by atoms with Crippen LogP contribution < -0.4 is 14.8 Å². The lowest BCUT2D eigenvalue weighted by molar-refractivity contribution is 0.408. The van der Waals surface area contributed by atoms with Crippen LogP contribution in [0, 0.1) is 5.92 Å². The molecule has 5 nitrogen and oxygen atoms in total. The fourth-order valence-corrected chi connectivity index (χ4v) is 3.73. The predicted molar refractivity (Wildman–Crippen MR) is 85.0 cm³/mol. The Morgan fingerprint density at radius 2 is 1.95 bits per heavy atom. The summed E-state index contributed by atoms with van der Waals surface area (Å²) in [6, 6.07) is 4.86. The molecule has 1 aromatic rings. The van der Waals surface area contributed by atoms with Gasteiger partial charge in [0, 0.05) is 18.2 Å². The average molecular weight is 314 g/mol. The number of methoxy groups -OCH3 is 1. The average Bonchev–Trinajstić information content (AvgIpc) is 2.44. The lowest BCUT2D eigenvalue weighted by atomic mass is 10.0. The van der Waals surface area contributed by atoms with Crippen LogP contribution in [0.2, 0.25) is 0 Å². The second-order valence-corrected chi connectivity index (χ2v) is 7.10. The van der Waals surface area contributed by atoms with Crippen LogP contribution in [-0.2, 0) is 16.6 Å². The second-order valence-electron chi connectivity index (χ2n) is 5.38. The van der Waals surface area contributed by atoms with Gasteiger partial charge in [0.25, 0.3) is 0 Å². The molecule has 0 bridgehead atoms. The number of hydrogen-bond donors (Lipinski definition) is 2. The molecule has 2 N–H and O–H groups in total. The number of hydrogen-bond acceptors (Lipinski definition) is 4. The molecule has 0 aliphatic rings. The molecule has 1 unspecified atom stereocenters. The van der Waals surface area contributed by atoms with E-state index in [2.05, 4.69) is 10.0 Å². The van der Waals surface area contributed by atoms with Gasteiger partial charge >= 0.3 is 0 Å². The van der Waals surface area contributed by atoms with Crippen LogP contribution in [0.5, 0.6) is 5.75 Å². The lowest BCUT2D eigenvalue weighted by Gasteiger charge is -2.21. The summed E-state index contributed by atoms with van der Waals surface area (Å²) in [7, 11) is -0.129. The van der Waals surface area contributed by atoms with E-state index in [4.69, 9.17) is 4.74 Å². The van der Waals surface area contributed by atoms with E-state index in [0.717, 1.165) is 12.0 Å². The molecule has 0 heterocycles. The molecule has 1 rings (SSSR count). The van der Waals surface area contributed by atoms with Crippen molar-refractivity contribution in [3.8, 4) is 5.75 Å². The third kappa shape index (κ3) is 4.69. The fourth-order valence-electron chi connectivity index (χ4n) is 2.21. The predicted octanol–water partition coefficient (Wildman–Crippen LogP) is 2.13. The highest BCUT2D eigenvalue weighted by molar-refractivity contribution is 7.89. The van der Waals surface area contributed by atoms with Gasteiger partial charge in [0.1, 0.15) is 5.75 Å². The molecule has 0 aliphatic heterocycles. The molecule has 0 aliphatic carbocycles. The van der Waals surface area contributed by atoms with E-state index in [1.165, 1.54) is 0 Å². The summed E-state index contributed by atoms with van der Waals surface area (Å²) in [5, 5.41) is 3.01. The van der Waals surface area contributed by atoms with Gasteiger partial charge in [-0.2, -0.15) is 0 Å². The van der Waals surface area contributed by atoms with Gasteiger partial charge in [-0.1, -0.05) is 20.8 Å². The molecule has 6 heteroatoms. The summed E-state index contributed by atoms with van der Waals surface area (Å²) in [6.45, 7) is 6.55. The number of nitrogens with one attached hydrogen (secondary N) is 2. The largest absolute Gasteiger partial charge is 0.496 e. The maximum Gasteiger partial charge on any atom is 0.240 e. The van der Waals surface area contributed by atoms with Crippen molar-refractivity contribution < 1.29 is 13.2 Å². The summed E-state index contributed by atoms with van der Waals surface area (Å²) in [5.74, 6) is 0.930. The molecule has 0 fully saturated rings. The van der Waals surface area contributed by atoms with E-state index < -0.39 is 10.0 Å². The number of rotatable bonds is 8. The summed E-state index contributed by atoms with van der Waals surface area (Å²) >= 11 is 0. The molecule has 0 radical (unpaired) electrons. The second kappa shape index (κ2) is 7.77. The standard InChI is InChI=1S/C15H26N2O3S/c1-6-14(11(2)3)17-21(18,19)13-7-8-15(20-5)12(9-13)10-16-4/h7-9,11,14,16-17H,6,10H2,1-5H3. The van der Waals surface area contributed by atoms with E-state index in [9.17, 15) is 8.42 Å². The Morgan fingerprint density at radius 1 is 1.29 bits per heavy atom. The molecule has 1 aromatic carbocycles. The smallest absolute Gasteiger partial charge is 0.240 e. The summed E-state index contributed by atoms with van der Waals surface area (Å²) < 4.78 is 33.0. The molecule has 1 atom stereocenters. The van der Waals surface area contributed by atoms with Crippen molar-refractivity contribution in [3.63, 3.8) is 0 Å². The zero-order valence-electron chi connectivity index (χ0n) is 13.4. The quantitative estimate of drug-likeness (QED) is 0.771. The Labute approximate surface area is 128 Å². The van der Waals surface area contributed by atoms with E-state index in [-0.39, 0.29) is 16.9 Å². The first kappa shape index (κ1) is 17.9. The van der Waals surface area contributed by atoms with Crippen molar-refractivity contribution in [3.05, 3.63) is 23.8 Å². The van der Waals surface area contributed by atoms with Crippen molar-refractivity contribution in [1.82, 2.24) is 10.0 Å². The van der Waals surface area contributed by atoms with E-state index in [1.807, 2.05) is 27.8 Å². The van der Waals surface area contributed by atoms with Crippen molar-refractivity contribution >= 4 is 10.0 Å². The third-order valence-corrected chi connectivity index (χ3v) is 4.97. The SMILES string of the molecule is CCC(NS(=O)(=O)c1ccc(OC)c(CNC)c1)C(C)C. The van der Waals surface area contributed by atoms with Crippen molar-refractivity contribution in [1.29, 1.82) is 0 Å². The van der Waals surface area contributed by atoms with Crippen LogP contribution in [0.1, 0.15) is 32.8 Å². The zero-order valence-corrected chi connectivity index (χ0v) is 14.3. The Balaban J connectivity index is 3.10. The summed E-state index contributed by atoms with van der Waals surface area (Å²) in [4.78, 5) is 0.271. The molecule has 0 amide bonds. The highest BCUT2D eigenvalue weighted by Gasteiger charge is 2.22. The molecule has 0 saturated heterocycles. The first-order chi connectivity index (χ1) is 9.85. The van der Waals surface area contributed by atoms with Crippen LogP contribution in [0.25, 0.3) is 0 Å². The number of benzene rings is 1. The number of ether oxygens (including phenoxy) is 1. The van der Waals surface area contributed by atoms with Gasteiger partial charge in [-0.3, -0.25) is 0 Å². The Kier molecular flexibility index (Phi) is 6.64. The molecule has 0 saturated carbocycles. The minimum absolute atomic E-state index is 0.0650. The van der Waals surface area contributed by atoms with Crippen molar-refractivity contribution in [2.24, 2.45) is 5.92 Å². The molecule has 0 aromatic heterocycles. The zero-order chi connectivity index (χ0) is 16.0. The Morgan fingerprint density at radius 3 is 2.43 bits per heavy atom. The number of sulfonamides is 1. The van der Waals surface area contributed by atoms with Crippen LogP contribution >= 0.6 is 0 Å². The van der Waals surface area contributed by atoms with Crippen LogP contribution in [-0.4, -0.2) is 28.6 Å². The van der Waals surface area contributed by atoms with Gasteiger partial charge in [0.15, 0.2) is 0 Å². The molecular weight excluding hydrogens is 288 g/mol. The highest BCUT2D eigenvalue weighted by Crippen LogP contribution is 2.23. The van der Waals surface area contributed by atoms with Crippen molar-refractivity contribution in [2.45, 2.75) is 44.7 Å². The molecule has 21 heavy (non-hydrogen) atoms. The van der Waals surface area contributed by atoms with Gasteiger partial charge in [0.2, 0.25) is 10.0 Å². The minimum Gasteiger partial charge on any atom is -0.496 e. The van der Waals surface area contributed by atoms with E-state index in [0.29, 0.717) is 12.3 Å². The van der Waals surface area contributed by atoms with Crippen LogP contribution in [0.15, 0.2) is 23.1 Å². The maximum atomic E-state index is 12.5. The fraction of sp³-hybridized carbons (Fsp3) is 0.600. The summed E-state index contributed by atoms with van der Waals surface area (Å²) in [6.07, 6.45) is 0.760. The van der Waals surface area contributed by atoms with Gasteiger partial charge in [-0.25, -0.2) is 13.1 Å². The highest BCUT2D eigenvalue weighted by atomic mass is 32.2. The first-order valence-corrected chi connectivity index (χ1v) is 8.67. The van der Waals surface area contributed by atoms with Crippen molar-refractivity contribution in [2.75, 3.05) is 14.2 Å².